The molecule has 3 heterocycles. The number of benzene rings is 1. The third kappa shape index (κ3) is 3.82. The van der Waals surface area contributed by atoms with Gasteiger partial charge in [0, 0.05) is 6.54 Å². The number of aromatic nitrogens is 4. The summed E-state index contributed by atoms with van der Waals surface area (Å²) in [6.07, 6.45) is 2.75. The highest BCUT2D eigenvalue weighted by Gasteiger charge is 2.32. The fraction of sp³-hybridized carbons (Fsp3) is 0.389. The smallest absolute Gasteiger partial charge is 0.261 e. The van der Waals surface area contributed by atoms with Crippen molar-refractivity contribution < 1.29 is 14.1 Å². The van der Waals surface area contributed by atoms with Crippen LogP contribution in [0.15, 0.2) is 34.9 Å². The summed E-state index contributed by atoms with van der Waals surface area (Å²) < 4.78 is 15.0. The van der Waals surface area contributed by atoms with Crippen molar-refractivity contribution in [1.82, 2.24) is 24.6 Å². The topological polar surface area (TPSA) is 94.2 Å². The summed E-state index contributed by atoms with van der Waals surface area (Å²) in [4.78, 5) is 19.8. The number of aryl methyl sites for hydroxylation is 1. The number of hydrogen-bond acceptors (Lipinski definition) is 8. The molecule has 1 saturated heterocycles. The minimum atomic E-state index is -0.229. The fourth-order valence-corrected chi connectivity index (χ4v) is 3.71. The predicted octanol–water partition coefficient (Wildman–Crippen LogP) is 3.03. The Bertz CT molecular complexity index is 911. The van der Waals surface area contributed by atoms with E-state index in [2.05, 4.69) is 19.7 Å². The molecule has 1 atom stereocenters. The molecule has 9 heteroatoms. The minimum absolute atomic E-state index is 0.0145. The maximum atomic E-state index is 12.7. The van der Waals surface area contributed by atoms with Gasteiger partial charge < -0.3 is 14.2 Å². The summed E-state index contributed by atoms with van der Waals surface area (Å²) in [6.45, 7) is 2.49. The standard InChI is InChI=1S/C18H19N5O3S/c1-12-16(27-22-20-12)17-19-18(26-21-17)14-9-5-6-10-23(14)15(24)11-25-13-7-3-2-4-8-13/h2-4,7-8,14H,5-6,9-11H2,1H3/t14-/m1/s1. The van der Waals surface area contributed by atoms with Gasteiger partial charge in [-0.3, -0.25) is 4.79 Å². The van der Waals surface area contributed by atoms with Crippen LogP contribution in [0.2, 0.25) is 0 Å². The summed E-state index contributed by atoms with van der Waals surface area (Å²) in [5.41, 5.74) is 0.764. The van der Waals surface area contributed by atoms with Gasteiger partial charge in [-0.15, -0.1) is 5.10 Å². The van der Waals surface area contributed by atoms with Crippen molar-refractivity contribution >= 4 is 17.4 Å². The molecule has 3 aromatic rings. The largest absolute Gasteiger partial charge is 0.484 e. The zero-order valence-electron chi connectivity index (χ0n) is 14.9. The number of piperidine rings is 1. The molecule has 0 aliphatic carbocycles. The molecule has 0 radical (unpaired) electrons. The molecule has 0 unspecified atom stereocenters. The molecule has 4 rings (SSSR count). The lowest BCUT2D eigenvalue weighted by molar-refractivity contribution is -0.138. The quantitative estimate of drug-likeness (QED) is 0.666. The Hall–Kier alpha value is -2.81. The lowest BCUT2D eigenvalue weighted by Crippen LogP contribution is -2.41. The summed E-state index contributed by atoms with van der Waals surface area (Å²) in [7, 11) is 0. The average molecular weight is 385 g/mol. The highest BCUT2D eigenvalue weighted by Crippen LogP contribution is 2.32. The van der Waals surface area contributed by atoms with Gasteiger partial charge in [0.15, 0.2) is 6.61 Å². The molecule has 27 heavy (non-hydrogen) atoms. The lowest BCUT2D eigenvalue weighted by atomic mass is 10.0. The normalized spacial score (nSPS) is 17.1. The van der Waals surface area contributed by atoms with E-state index in [4.69, 9.17) is 9.26 Å². The number of para-hydroxylation sites is 1. The van der Waals surface area contributed by atoms with E-state index >= 15 is 0 Å². The highest BCUT2D eigenvalue weighted by molar-refractivity contribution is 7.09. The second-order valence-electron chi connectivity index (χ2n) is 6.34. The van der Waals surface area contributed by atoms with E-state index in [1.54, 1.807) is 4.90 Å². The van der Waals surface area contributed by atoms with E-state index in [0.717, 1.165) is 29.8 Å². The van der Waals surface area contributed by atoms with Crippen LogP contribution in [0, 0.1) is 6.92 Å². The van der Waals surface area contributed by atoms with Crippen LogP contribution in [-0.4, -0.2) is 43.7 Å². The van der Waals surface area contributed by atoms with Gasteiger partial charge in [-0.2, -0.15) is 4.98 Å². The third-order valence-corrected chi connectivity index (χ3v) is 5.33. The molecular weight excluding hydrogens is 366 g/mol. The number of rotatable bonds is 5. The number of nitrogens with zero attached hydrogens (tertiary/aromatic N) is 5. The summed E-state index contributed by atoms with van der Waals surface area (Å²) in [5, 5.41) is 8.03. The van der Waals surface area contributed by atoms with E-state index in [0.29, 0.717) is 24.0 Å². The van der Waals surface area contributed by atoms with Crippen molar-refractivity contribution in [3.05, 3.63) is 41.9 Å². The Balaban J connectivity index is 1.48. The number of carbonyl (C=O) groups is 1. The van der Waals surface area contributed by atoms with E-state index < -0.39 is 0 Å². The molecule has 1 fully saturated rings. The van der Waals surface area contributed by atoms with Gasteiger partial charge in [0.05, 0.1) is 5.69 Å². The van der Waals surface area contributed by atoms with E-state index in [1.165, 1.54) is 11.5 Å². The molecule has 0 saturated carbocycles. The Morgan fingerprint density at radius 2 is 2.19 bits per heavy atom. The van der Waals surface area contributed by atoms with Gasteiger partial charge in [-0.25, -0.2) is 0 Å². The van der Waals surface area contributed by atoms with Crippen LogP contribution in [0.25, 0.3) is 10.7 Å². The van der Waals surface area contributed by atoms with Crippen molar-refractivity contribution in [2.45, 2.75) is 32.2 Å². The number of ether oxygens (including phenoxy) is 1. The maximum absolute atomic E-state index is 12.7. The van der Waals surface area contributed by atoms with Gasteiger partial charge in [0.25, 0.3) is 5.91 Å². The molecular formula is C18H19N5O3S. The van der Waals surface area contributed by atoms with Crippen LogP contribution in [0.5, 0.6) is 5.75 Å². The van der Waals surface area contributed by atoms with Crippen molar-refractivity contribution in [2.24, 2.45) is 0 Å². The van der Waals surface area contributed by atoms with Gasteiger partial charge in [-0.05, 0) is 49.9 Å². The molecule has 0 bridgehead atoms. The van der Waals surface area contributed by atoms with Crippen LogP contribution >= 0.6 is 11.5 Å². The van der Waals surface area contributed by atoms with E-state index in [-0.39, 0.29) is 18.6 Å². The fourth-order valence-electron chi connectivity index (χ4n) is 3.13. The molecule has 2 aromatic heterocycles. The average Bonchev–Trinajstić information content (AvgIpc) is 3.35. The Labute approximate surface area is 160 Å². The summed E-state index contributed by atoms with van der Waals surface area (Å²) >= 11 is 1.23. The SMILES string of the molecule is Cc1nnsc1-c1noc([C@H]2CCCCN2C(=O)COc2ccccc2)n1. The Morgan fingerprint density at radius 3 is 2.96 bits per heavy atom. The summed E-state index contributed by atoms with van der Waals surface area (Å²) in [6, 6.07) is 9.09. The molecule has 1 aromatic carbocycles. The number of hydrogen-bond donors (Lipinski definition) is 0. The first-order valence-corrected chi connectivity index (χ1v) is 9.60. The van der Waals surface area contributed by atoms with Crippen LogP contribution < -0.4 is 4.74 Å². The van der Waals surface area contributed by atoms with Crippen molar-refractivity contribution in [3.8, 4) is 16.5 Å². The molecule has 1 aliphatic heterocycles. The van der Waals surface area contributed by atoms with E-state index in [1.807, 2.05) is 37.3 Å². The monoisotopic (exact) mass is 385 g/mol. The zero-order valence-corrected chi connectivity index (χ0v) is 15.7. The first-order chi connectivity index (χ1) is 13.2. The first-order valence-electron chi connectivity index (χ1n) is 8.82. The highest BCUT2D eigenvalue weighted by atomic mass is 32.1. The Morgan fingerprint density at radius 1 is 1.33 bits per heavy atom. The molecule has 8 nitrogen and oxygen atoms in total. The van der Waals surface area contributed by atoms with Gasteiger partial charge in [-0.1, -0.05) is 27.8 Å². The van der Waals surface area contributed by atoms with Gasteiger partial charge in [0.1, 0.15) is 16.7 Å². The van der Waals surface area contributed by atoms with Gasteiger partial charge in [0.2, 0.25) is 11.7 Å². The molecule has 0 N–H and O–H groups in total. The second-order valence-corrected chi connectivity index (χ2v) is 7.10. The first kappa shape index (κ1) is 17.6. The zero-order chi connectivity index (χ0) is 18.6. The van der Waals surface area contributed by atoms with Crippen LogP contribution in [0.4, 0.5) is 0 Å². The molecule has 0 spiro atoms. The Kier molecular flexibility index (Phi) is 5.10. The molecule has 140 valence electrons. The van der Waals surface area contributed by atoms with Crippen LogP contribution in [-0.2, 0) is 4.79 Å². The predicted molar refractivity (Wildman–Crippen MR) is 98.2 cm³/mol. The maximum Gasteiger partial charge on any atom is 0.261 e. The number of carbonyl (C=O) groups excluding carboxylic acids is 1. The summed E-state index contributed by atoms with van der Waals surface area (Å²) in [5.74, 6) is 1.51. The molecule has 1 aliphatic rings. The van der Waals surface area contributed by atoms with Gasteiger partial charge >= 0.3 is 0 Å². The van der Waals surface area contributed by atoms with Crippen LogP contribution in [0.1, 0.15) is 36.9 Å². The van der Waals surface area contributed by atoms with E-state index in [9.17, 15) is 4.79 Å². The minimum Gasteiger partial charge on any atom is -0.484 e. The second kappa shape index (κ2) is 7.83. The third-order valence-electron chi connectivity index (χ3n) is 4.51. The van der Waals surface area contributed by atoms with Crippen molar-refractivity contribution in [1.29, 1.82) is 0 Å². The number of amides is 1. The van der Waals surface area contributed by atoms with Crippen molar-refractivity contribution in [3.63, 3.8) is 0 Å². The van der Waals surface area contributed by atoms with Crippen molar-refractivity contribution in [2.75, 3.05) is 13.2 Å². The molecule has 1 amide bonds. The lowest BCUT2D eigenvalue weighted by Gasteiger charge is -2.33. The number of likely N-dealkylation sites (tertiary alicyclic amines) is 1. The van der Waals surface area contributed by atoms with Crippen LogP contribution in [0.3, 0.4) is 0 Å².